The molecule has 1 aliphatic heterocycles. The quantitative estimate of drug-likeness (QED) is 0.922. The number of anilines is 1. The first kappa shape index (κ1) is 16.5. The lowest BCUT2D eigenvalue weighted by atomic mass is 10.2. The third-order valence-electron chi connectivity index (χ3n) is 3.82. The highest BCUT2D eigenvalue weighted by Crippen LogP contribution is 2.32. The number of aromatic nitrogens is 1. The molecule has 0 fully saturated rings. The largest absolute Gasteiger partial charge is 0.490 e. The summed E-state index contributed by atoms with van der Waals surface area (Å²) in [5.74, 6) is 1.36. The Morgan fingerprint density at radius 1 is 1.29 bits per heavy atom. The monoisotopic (exact) mass is 349 g/mol. The van der Waals surface area contributed by atoms with Crippen molar-refractivity contribution in [1.29, 1.82) is 0 Å². The van der Waals surface area contributed by atoms with E-state index in [9.17, 15) is 4.79 Å². The van der Waals surface area contributed by atoms with E-state index in [2.05, 4.69) is 5.32 Å². The number of urea groups is 1. The molecule has 2 aromatic rings. The van der Waals surface area contributed by atoms with Crippen LogP contribution >= 0.6 is 11.6 Å². The van der Waals surface area contributed by atoms with Gasteiger partial charge in [-0.15, -0.1) is 0 Å². The summed E-state index contributed by atoms with van der Waals surface area (Å²) in [4.78, 5) is 14.0. The molecule has 7 heteroatoms. The number of aryl methyl sites for hydroxylation is 1. The molecule has 24 heavy (non-hydrogen) atoms. The minimum absolute atomic E-state index is 0.207. The van der Waals surface area contributed by atoms with Gasteiger partial charge in [-0.2, -0.15) is 0 Å². The number of nitrogens with zero attached hydrogens (tertiary/aromatic N) is 2. The average Bonchev–Trinajstić information content (AvgIpc) is 2.75. The van der Waals surface area contributed by atoms with Crippen molar-refractivity contribution in [2.45, 2.75) is 13.0 Å². The maximum atomic E-state index is 12.4. The van der Waals surface area contributed by atoms with Gasteiger partial charge in [-0.25, -0.2) is 4.79 Å². The minimum Gasteiger partial charge on any atom is -0.490 e. The third kappa shape index (κ3) is 3.76. The normalized spacial score (nSPS) is 13.3. The van der Waals surface area contributed by atoms with E-state index in [1.54, 1.807) is 24.1 Å². The van der Waals surface area contributed by atoms with Crippen LogP contribution < -0.4 is 14.8 Å². The highest BCUT2D eigenvalue weighted by atomic mass is 35.5. The van der Waals surface area contributed by atoms with Gasteiger partial charge in [-0.3, -0.25) is 0 Å². The Morgan fingerprint density at radius 2 is 2.04 bits per heavy atom. The molecule has 0 aliphatic carbocycles. The van der Waals surface area contributed by atoms with Crippen molar-refractivity contribution < 1.29 is 14.3 Å². The standard InChI is InChI=1S/C17H20ClN3O3/c1-20-10-12(18)8-14(20)11-21(2)17(22)19-13-4-5-15-16(9-13)24-7-3-6-23-15/h4-5,8-10H,3,6-7,11H2,1-2H3,(H,19,22). The number of ether oxygens (including phenoxy) is 2. The van der Waals surface area contributed by atoms with Crippen molar-refractivity contribution in [3.8, 4) is 11.5 Å². The van der Waals surface area contributed by atoms with Crippen molar-refractivity contribution in [2.24, 2.45) is 7.05 Å². The second-order valence-corrected chi connectivity index (χ2v) is 6.20. The molecule has 1 aromatic heterocycles. The molecular formula is C17H20ClN3O3. The number of carbonyl (C=O) groups is 1. The molecule has 1 aliphatic rings. The number of hydrogen-bond acceptors (Lipinski definition) is 3. The summed E-state index contributed by atoms with van der Waals surface area (Å²) in [5, 5.41) is 3.52. The predicted octanol–water partition coefficient (Wildman–Crippen LogP) is 3.50. The molecule has 0 unspecified atom stereocenters. The van der Waals surface area contributed by atoms with Gasteiger partial charge in [0.15, 0.2) is 11.5 Å². The smallest absolute Gasteiger partial charge is 0.321 e. The number of hydrogen-bond donors (Lipinski definition) is 1. The lowest BCUT2D eigenvalue weighted by Crippen LogP contribution is -2.31. The lowest BCUT2D eigenvalue weighted by molar-refractivity contribution is 0.220. The summed E-state index contributed by atoms with van der Waals surface area (Å²) in [6.07, 6.45) is 2.66. The highest BCUT2D eigenvalue weighted by molar-refractivity contribution is 6.30. The Morgan fingerprint density at radius 3 is 2.75 bits per heavy atom. The third-order valence-corrected chi connectivity index (χ3v) is 4.03. The van der Waals surface area contributed by atoms with Gasteiger partial charge >= 0.3 is 6.03 Å². The van der Waals surface area contributed by atoms with E-state index in [4.69, 9.17) is 21.1 Å². The SMILES string of the molecule is CN(Cc1cc(Cl)cn1C)C(=O)Nc1ccc2c(c1)OCCCO2. The van der Waals surface area contributed by atoms with Crippen molar-refractivity contribution in [3.63, 3.8) is 0 Å². The molecule has 6 nitrogen and oxygen atoms in total. The van der Waals surface area contributed by atoms with E-state index >= 15 is 0 Å². The van der Waals surface area contributed by atoms with Gasteiger partial charge in [-0.05, 0) is 18.2 Å². The van der Waals surface area contributed by atoms with Crippen LogP contribution in [0.1, 0.15) is 12.1 Å². The molecular weight excluding hydrogens is 330 g/mol. The van der Waals surface area contributed by atoms with Crippen LogP contribution in [-0.4, -0.2) is 35.8 Å². The molecule has 0 saturated carbocycles. The van der Waals surface area contributed by atoms with Gasteiger partial charge in [0.05, 0.1) is 24.8 Å². The molecule has 2 amide bonds. The van der Waals surface area contributed by atoms with Gasteiger partial charge < -0.3 is 24.3 Å². The van der Waals surface area contributed by atoms with Gasteiger partial charge in [0.2, 0.25) is 0 Å². The second-order valence-electron chi connectivity index (χ2n) is 5.76. The summed E-state index contributed by atoms with van der Waals surface area (Å²) in [7, 11) is 3.63. The highest BCUT2D eigenvalue weighted by Gasteiger charge is 2.15. The zero-order valence-electron chi connectivity index (χ0n) is 13.7. The lowest BCUT2D eigenvalue weighted by Gasteiger charge is -2.19. The fraction of sp³-hybridized carbons (Fsp3) is 0.353. The fourth-order valence-electron chi connectivity index (χ4n) is 2.50. The van der Waals surface area contributed by atoms with E-state index in [-0.39, 0.29) is 6.03 Å². The van der Waals surface area contributed by atoms with Crippen LogP contribution in [0, 0.1) is 0 Å². The number of halogens is 1. The summed E-state index contributed by atoms with van der Waals surface area (Å²) in [5.41, 5.74) is 1.62. The summed E-state index contributed by atoms with van der Waals surface area (Å²) >= 11 is 5.97. The Hall–Kier alpha value is -2.34. The number of fused-ring (bicyclic) bond motifs is 1. The van der Waals surface area contributed by atoms with Crippen LogP contribution in [0.25, 0.3) is 0 Å². The molecule has 0 spiro atoms. The predicted molar refractivity (Wildman–Crippen MR) is 93.0 cm³/mol. The number of carbonyl (C=O) groups excluding carboxylic acids is 1. The van der Waals surface area contributed by atoms with Crippen LogP contribution in [0.5, 0.6) is 11.5 Å². The zero-order valence-corrected chi connectivity index (χ0v) is 14.5. The fourth-order valence-corrected chi connectivity index (χ4v) is 2.77. The van der Waals surface area contributed by atoms with Crippen molar-refractivity contribution in [3.05, 3.63) is 41.2 Å². The van der Waals surface area contributed by atoms with Gasteiger partial charge in [0.1, 0.15) is 0 Å². The Bertz CT molecular complexity index is 745. The Kier molecular flexibility index (Phi) is 4.85. The second kappa shape index (κ2) is 7.05. The molecule has 128 valence electrons. The number of nitrogens with one attached hydrogen (secondary N) is 1. The maximum absolute atomic E-state index is 12.4. The van der Waals surface area contributed by atoms with Crippen LogP contribution in [-0.2, 0) is 13.6 Å². The molecule has 2 heterocycles. The van der Waals surface area contributed by atoms with Crippen LogP contribution in [0.2, 0.25) is 5.02 Å². The van der Waals surface area contributed by atoms with Crippen LogP contribution in [0.4, 0.5) is 10.5 Å². The van der Waals surface area contributed by atoms with Gasteiger partial charge in [0, 0.05) is 44.2 Å². The number of benzene rings is 1. The Labute approximate surface area is 145 Å². The topological polar surface area (TPSA) is 55.7 Å². The van der Waals surface area contributed by atoms with E-state index in [1.165, 1.54) is 0 Å². The van der Waals surface area contributed by atoms with Crippen LogP contribution in [0.3, 0.4) is 0 Å². The van der Waals surface area contributed by atoms with E-state index in [0.717, 1.165) is 12.1 Å². The molecule has 0 bridgehead atoms. The average molecular weight is 350 g/mol. The van der Waals surface area contributed by atoms with E-state index < -0.39 is 0 Å². The van der Waals surface area contributed by atoms with Crippen LogP contribution in [0.15, 0.2) is 30.5 Å². The van der Waals surface area contributed by atoms with Gasteiger partial charge in [-0.1, -0.05) is 11.6 Å². The summed E-state index contributed by atoms with van der Waals surface area (Å²) in [6.45, 7) is 1.71. The number of rotatable bonds is 3. The zero-order chi connectivity index (χ0) is 17.1. The maximum Gasteiger partial charge on any atom is 0.321 e. The van der Waals surface area contributed by atoms with E-state index in [0.29, 0.717) is 42.0 Å². The molecule has 1 aromatic carbocycles. The first-order valence-corrected chi connectivity index (χ1v) is 8.13. The number of amides is 2. The minimum atomic E-state index is -0.207. The molecule has 1 N–H and O–H groups in total. The molecule has 3 rings (SSSR count). The molecule has 0 atom stereocenters. The Balaban J connectivity index is 1.65. The van der Waals surface area contributed by atoms with Crippen molar-refractivity contribution in [2.75, 3.05) is 25.6 Å². The van der Waals surface area contributed by atoms with Crippen molar-refractivity contribution in [1.82, 2.24) is 9.47 Å². The first-order chi connectivity index (χ1) is 11.5. The van der Waals surface area contributed by atoms with Gasteiger partial charge in [0.25, 0.3) is 0 Å². The molecule has 0 radical (unpaired) electrons. The molecule has 0 saturated heterocycles. The van der Waals surface area contributed by atoms with Crippen molar-refractivity contribution >= 4 is 23.3 Å². The summed E-state index contributed by atoms with van der Waals surface area (Å²) < 4.78 is 13.1. The van der Waals surface area contributed by atoms with E-state index in [1.807, 2.05) is 29.9 Å². The summed E-state index contributed by atoms with van der Waals surface area (Å²) in [6, 6.07) is 7.04. The first-order valence-electron chi connectivity index (χ1n) is 7.75.